The molecule has 0 radical (unpaired) electrons. The molecular weight excluding hydrogens is 410 g/mol. The van der Waals surface area contributed by atoms with Gasteiger partial charge in [-0.2, -0.15) is 5.10 Å². The van der Waals surface area contributed by atoms with Crippen LogP contribution in [0.3, 0.4) is 0 Å². The largest absolute Gasteiger partial charge is 0.497 e. The van der Waals surface area contributed by atoms with Crippen LogP contribution < -0.4 is 10.2 Å². The summed E-state index contributed by atoms with van der Waals surface area (Å²) in [4.78, 5) is 4.50. The maximum absolute atomic E-state index is 5.89. The van der Waals surface area contributed by atoms with Crippen LogP contribution in [0, 0.1) is 0 Å². The number of benzene rings is 2. The summed E-state index contributed by atoms with van der Waals surface area (Å²) in [6.45, 7) is 0. The number of aromatic nitrogens is 1. The Morgan fingerprint density at radius 3 is 2.50 bits per heavy atom. The third-order valence-electron chi connectivity index (χ3n) is 3.13. The predicted molar refractivity (Wildman–Crippen MR) is 107 cm³/mol. The van der Waals surface area contributed by atoms with Gasteiger partial charge < -0.3 is 4.74 Å². The molecule has 0 amide bonds. The number of hydrogen-bond acceptors (Lipinski definition) is 5. The first-order valence-electron chi connectivity index (χ1n) is 6.89. The van der Waals surface area contributed by atoms with E-state index >= 15 is 0 Å². The van der Waals surface area contributed by atoms with Crippen LogP contribution in [0.15, 0.2) is 59.0 Å². The van der Waals surface area contributed by atoms with Gasteiger partial charge in [0.2, 0.25) is 5.13 Å². The molecule has 4 nitrogen and oxygen atoms in total. The molecular formula is C17H15BrClN3OS. The zero-order valence-electron chi connectivity index (χ0n) is 12.8. The van der Waals surface area contributed by atoms with Crippen molar-refractivity contribution >= 4 is 51.3 Å². The van der Waals surface area contributed by atoms with E-state index < -0.39 is 0 Å². The van der Waals surface area contributed by atoms with E-state index in [0.717, 1.165) is 27.7 Å². The van der Waals surface area contributed by atoms with Gasteiger partial charge in [-0.3, -0.25) is 5.43 Å². The third-order valence-corrected chi connectivity index (χ3v) is 4.13. The monoisotopic (exact) mass is 423 g/mol. The normalized spacial score (nSPS) is 10.4. The van der Waals surface area contributed by atoms with Gasteiger partial charge in [0, 0.05) is 16.0 Å². The molecule has 3 rings (SSSR count). The van der Waals surface area contributed by atoms with Crippen LogP contribution in [0.5, 0.6) is 5.75 Å². The van der Waals surface area contributed by atoms with E-state index in [-0.39, 0.29) is 17.0 Å². The minimum atomic E-state index is 0. The van der Waals surface area contributed by atoms with E-state index in [1.54, 1.807) is 13.3 Å². The standard InChI is InChI=1S/C17H14ClN3OS.BrH/c1-22-15-8-2-12(3-9-15)10-19-21-17-20-16(11-23-17)13-4-6-14(18)7-5-13;/h2-11H,1H3,(H,20,21);1H/b19-10+;. The molecule has 0 saturated heterocycles. The van der Waals surface area contributed by atoms with Crippen LogP contribution in [-0.2, 0) is 0 Å². The van der Waals surface area contributed by atoms with Gasteiger partial charge in [-0.15, -0.1) is 28.3 Å². The maximum atomic E-state index is 5.89. The average Bonchev–Trinajstić information content (AvgIpc) is 3.05. The lowest BCUT2D eigenvalue weighted by Gasteiger charge is -1.99. The predicted octanol–water partition coefficient (Wildman–Crippen LogP) is 5.50. The first-order chi connectivity index (χ1) is 11.2. The van der Waals surface area contributed by atoms with Crippen molar-refractivity contribution in [3.63, 3.8) is 0 Å². The minimum absolute atomic E-state index is 0. The number of nitrogens with zero attached hydrogens (tertiary/aromatic N) is 2. The lowest BCUT2D eigenvalue weighted by molar-refractivity contribution is 0.415. The number of hydrazone groups is 1. The van der Waals surface area contributed by atoms with Crippen molar-refractivity contribution in [2.24, 2.45) is 5.10 Å². The molecule has 24 heavy (non-hydrogen) atoms. The van der Waals surface area contributed by atoms with Gasteiger partial charge in [0.25, 0.3) is 0 Å². The summed E-state index contributed by atoms with van der Waals surface area (Å²) >= 11 is 7.39. The Kier molecular flexibility index (Phi) is 6.78. The Balaban J connectivity index is 0.00000208. The van der Waals surface area contributed by atoms with Gasteiger partial charge in [0.1, 0.15) is 5.75 Å². The number of rotatable bonds is 5. The summed E-state index contributed by atoms with van der Waals surface area (Å²) in [5, 5.41) is 7.63. The zero-order valence-corrected chi connectivity index (χ0v) is 16.1. The van der Waals surface area contributed by atoms with E-state index in [9.17, 15) is 0 Å². The highest BCUT2D eigenvalue weighted by Gasteiger charge is 2.03. The Hall–Kier alpha value is -1.89. The second kappa shape index (κ2) is 8.82. The first kappa shape index (κ1) is 18.4. The maximum Gasteiger partial charge on any atom is 0.203 e. The number of anilines is 1. The lowest BCUT2D eigenvalue weighted by Crippen LogP contribution is -1.90. The zero-order chi connectivity index (χ0) is 16.1. The number of hydrogen-bond donors (Lipinski definition) is 1. The Morgan fingerprint density at radius 2 is 1.83 bits per heavy atom. The van der Waals surface area contributed by atoms with E-state index in [1.165, 1.54) is 11.3 Å². The number of methoxy groups -OCH3 is 1. The van der Waals surface area contributed by atoms with Gasteiger partial charge >= 0.3 is 0 Å². The van der Waals surface area contributed by atoms with Crippen LogP contribution in [0.2, 0.25) is 5.02 Å². The van der Waals surface area contributed by atoms with Gasteiger partial charge in [0.15, 0.2) is 0 Å². The highest BCUT2D eigenvalue weighted by atomic mass is 79.9. The van der Waals surface area contributed by atoms with Crippen LogP contribution in [-0.4, -0.2) is 18.3 Å². The highest BCUT2D eigenvalue weighted by Crippen LogP contribution is 2.25. The van der Waals surface area contributed by atoms with Crippen molar-refractivity contribution in [1.82, 2.24) is 4.98 Å². The topological polar surface area (TPSA) is 46.5 Å². The first-order valence-corrected chi connectivity index (χ1v) is 8.15. The second-order valence-corrected chi connectivity index (χ2v) is 5.98. The van der Waals surface area contributed by atoms with Gasteiger partial charge in [-0.25, -0.2) is 4.98 Å². The van der Waals surface area contributed by atoms with Crippen molar-refractivity contribution in [3.05, 3.63) is 64.5 Å². The van der Waals surface area contributed by atoms with Crippen molar-refractivity contribution in [2.45, 2.75) is 0 Å². The van der Waals surface area contributed by atoms with E-state index in [0.29, 0.717) is 5.02 Å². The second-order valence-electron chi connectivity index (χ2n) is 4.69. The Labute approximate surface area is 159 Å². The van der Waals surface area contributed by atoms with Crippen molar-refractivity contribution in [3.8, 4) is 17.0 Å². The number of ether oxygens (including phenoxy) is 1. The van der Waals surface area contributed by atoms with Crippen molar-refractivity contribution < 1.29 is 4.74 Å². The SMILES string of the molecule is Br.COc1ccc(/C=N/Nc2nc(-c3ccc(Cl)cc3)cs2)cc1. The molecule has 0 atom stereocenters. The Bertz CT molecular complexity index is 803. The molecule has 0 aliphatic carbocycles. The molecule has 7 heteroatoms. The quantitative estimate of drug-likeness (QED) is 0.435. The fourth-order valence-electron chi connectivity index (χ4n) is 1.93. The van der Waals surface area contributed by atoms with Crippen molar-refractivity contribution in [1.29, 1.82) is 0 Å². The lowest BCUT2D eigenvalue weighted by atomic mass is 10.2. The minimum Gasteiger partial charge on any atom is -0.497 e. The average molecular weight is 425 g/mol. The van der Waals surface area contributed by atoms with Crippen LogP contribution >= 0.6 is 39.9 Å². The molecule has 0 bridgehead atoms. The molecule has 124 valence electrons. The molecule has 0 spiro atoms. The molecule has 0 saturated carbocycles. The van der Waals surface area contributed by atoms with Crippen LogP contribution in [0.25, 0.3) is 11.3 Å². The summed E-state index contributed by atoms with van der Waals surface area (Å²) in [6.07, 6.45) is 1.74. The van der Waals surface area contributed by atoms with Gasteiger partial charge in [0.05, 0.1) is 19.0 Å². The number of halogens is 2. The molecule has 0 unspecified atom stereocenters. The third kappa shape index (κ3) is 4.80. The Morgan fingerprint density at radius 1 is 1.12 bits per heavy atom. The summed E-state index contributed by atoms with van der Waals surface area (Å²) in [5.41, 5.74) is 5.85. The van der Waals surface area contributed by atoms with E-state index in [2.05, 4.69) is 15.5 Å². The van der Waals surface area contributed by atoms with Gasteiger partial charge in [-0.05, 0) is 42.0 Å². The molecule has 2 aromatic carbocycles. The van der Waals surface area contributed by atoms with E-state index in [1.807, 2.05) is 53.9 Å². The van der Waals surface area contributed by atoms with Crippen LogP contribution in [0.4, 0.5) is 5.13 Å². The molecule has 0 aliphatic heterocycles. The van der Waals surface area contributed by atoms with E-state index in [4.69, 9.17) is 16.3 Å². The number of thiazole rings is 1. The molecule has 0 fully saturated rings. The summed E-state index contributed by atoms with van der Waals surface area (Å²) in [7, 11) is 1.64. The molecule has 3 aromatic rings. The number of nitrogens with one attached hydrogen (secondary N) is 1. The summed E-state index contributed by atoms with van der Waals surface area (Å²) in [5.74, 6) is 0.822. The highest BCUT2D eigenvalue weighted by molar-refractivity contribution is 8.93. The molecule has 1 aromatic heterocycles. The smallest absolute Gasteiger partial charge is 0.203 e. The summed E-state index contributed by atoms with van der Waals surface area (Å²) in [6, 6.07) is 15.3. The van der Waals surface area contributed by atoms with Gasteiger partial charge in [-0.1, -0.05) is 23.7 Å². The fourth-order valence-corrected chi connectivity index (χ4v) is 2.72. The summed E-state index contributed by atoms with van der Waals surface area (Å²) < 4.78 is 5.12. The fraction of sp³-hybridized carbons (Fsp3) is 0.0588. The molecule has 1 heterocycles. The van der Waals surface area contributed by atoms with Crippen molar-refractivity contribution in [2.75, 3.05) is 12.5 Å². The molecule has 1 N–H and O–H groups in total. The van der Waals surface area contributed by atoms with Crippen LogP contribution in [0.1, 0.15) is 5.56 Å². The molecule has 0 aliphatic rings.